The van der Waals surface area contributed by atoms with E-state index in [4.69, 9.17) is 19.4 Å². The van der Waals surface area contributed by atoms with Crippen LogP contribution in [0.15, 0.2) is 162 Å². The molecule has 4 nitrogen and oxygen atoms in total. The van der Waals surface area contributed by atoms with Crippen molar-refractivity contribution in [1.82, 2.24) is 15.0 Å². The van der Waals surface area contributed by atoms with Crippen LogP contribution in [0.2, 0.25) is 0 Å². The van der Waals surface area contributed by atoms with Gasteiger partial charge in [0, 0.05) is 27.5 Å². The minimum atomic E-state index is 0.604. The Labute approximate surface area is 295 Å². The Morgan fingerprint density at radius 1 is 0.451 bits per heavy atom. The Morgan fingerprint density at radius 3 is 1.98 bits per heavy atom. The number of furan rings is 1. The van der Waals surface area contributed by atoms with Gasteiger partial charge in [-0.25, -0.2) is 15.0 Å². The van der Waals surface area contributed by atoms with E-state index in [2.05, 4.69) is 121 Å². The monoisotopic (exact) mass is 653 g/mol. The van der Waals surface area contributed by atoms with Gasteiger partial charge in [0.2, 0.25) is 0 Å². The Kier molecular flexibility index (Phi) is 6.91. The highest BCUT2D eigenvalue weighted by molar-refractivity contribution is 6.11. The Morgan fingerprint density at radius 2 is 1.10 bits per heavy atom. The molecule has 0 bridgehead atoms. The number of fused-ring (bicyclic) bond motifs is 5. The van der Waals surface area contributed by atoms with Crippen molar-refractivity contribution >= 4 is 38.8 Å². The maximum atomic E-state index is 6.26. The van der Waals surface area contributed by atoms with Gasteiger partial charge in [-0.3, -0.25) is 0 Å². The number of nitrogens with zero attached hydrogens (tertiary/aromatic N) is 3. The molecule has 0 radical (unpaired) electrons. The molecule has 4 heteroatoms. The second kappa shape index (κ2) is 12.0. The van der Waals surface area contributed by atoms with Crippen molar-refractivity contribution in [3.8, 4) is 56.4 Å². The summed E-state index contributed by atoms with van der Waals surface area (Å²) in [6, 6.07) is 53.0. The maximum absolute atomic E-state index is 6.26. The quantitative estimate of drug-likeness (QED) is 0.185. The number of allylic oxidation sites excluding steroid dienone is 1. The zero-order chi connectivity index (χ0) is 33.7. The largest absolute Gasteiger partial charge is 0.456 e. The van der Waals surface area contributed by atoms with Crippen LogP contribution < -0.4 is 0 Å². The molecule has 9 aromatic rings. The van der Waals surface area contributed by atoms with Gasteiger partial charge in [-0.2, -0.15) is 0 Å². The van der Waals surface area contributed by atoms with Crippen molar-refractivity contribution in [2.45, 2.75) is 12.8 Å². The predicted octanol–water partition coefficient (Wildman–Crippen LogP) is 12.2. The van der Waals surface area contributed by atoms with E-state index >= 15 is 0 Å². The summed E-state index contributed by atoms with van der Waals surface area (Å²) in [5.74, 6) is 1.85. The molecule has 0 fully saturated rings. The van der Waals surface area contributed by atoms with Gasteiger partial charge in [0.15, 0.2) is 17.5 Å². The molecule has 1 aliphatic carbocycles. The summed E-state index contributed by atoms with van der Waals surface area (Å²) in [4.78, 5) is 15.5. The molecule has 51 heavy (non-hydrogen) atoms. The summed E-state index contributed by atoms with van der Waals surface area (Å²) in [5, 5.41) is 4.33. The molecule has 2 heterocycles. The third-order valence-electron chi connectivity index (χ3n) is 9.99. The van der Waals surface area contributed by atoms with E-state index in [1.807, 2.05) is 42.5 Å². The zero-order valence-electron chi connectivity index (χ0n) is 27.8. The fraction of sp³-hybridized carbons (Fsp3) is 0.0426. The van der Waals surface area contributed by atoms with Crippen molar-refractivity contribution in [2.24, 2.45) is 0 Å². The number of rotatable bonds is 5. The molecule has 0 amide bonds. The number of aryl methyl sites for hydroxylation is 1. The first kappa shape index (κ1) is 29.3. The SMILES string of the molecule is C1=Cc2cc(-c3ccc4cc(-c5nc(-c6ccccc6-c6ccccc6)nc(-c6cccc7oc8ccccc8c67)n5)ccc4c3)ccc2CC1. The first-order chi connectivity index (χ1) is 25.2. The molecule has 0 spiro atoms. The van der Waals surface area contributed by atoms with Crippen LogP contribution in [0.5, 0.6) is 0 Å². The zero-order valence-corrected chi connectivity index (χ0v) is 27.8. The van der Waals surface area contributed by atoms with Crippen LogP contribution in [0.25, 0.3) is 95.2 Å². The van der Waals surface area contributed by atoms with E-state index < -0.39 is 0 Å². The summed E-state index contributed by atoms with van der Waals surface area (Å²) in [7, 11) is 0. The van der Waals surface area contributed by atoms with Crippen molar-refractivity contribution < 1.29 is 4.42 Å². The molecule has 0 unspecified atom stereocenters. The molecule has 2 aromatic heterocycles. The van der Waals surface area contributed by atoms with E-state index in [9.17, 15) is 0 Å². The summed E-state index contributed by atoms with van der Waals surface area (Å²) in [5.41, 5.74) is 11.8. The summed E-state index contributed by atoms with van der Waals surface area (Å²) >= 11 is 0. The van der Waals surface area contributed by atoms with Crippen LogP contribution in [0.1, 0.15) is 17.5 Å². The number of para-hydroxylation sites is 1. The lowest BCUT2D eigenvalue weighted by atomic mass is 9.92. The Hall–Kier alpha value is -6.65. The molecule has 0 saturated carbocycles. The van der Waals surface area contributed by atoms with Gasteiger partial charge < -0.3 is 4.42 Å². The van der Waals surface area contributed by atoms with E-state index in [1.165, 1.54) is 27.6 Å². The van der Waals surface area contributed by atoms with Crippen LogP contribution >= 0.6 is 0 Å². The molecule has 10 rings (SSSR count). The van der Waals surface area contributed by atoms with Crippen LogP contribution in [0, 0.1) is 0 Å². The van der Waals surface area contributed by atoms with Gasteiger partial charge in [-0.15, -0.1) is 0 Å². The molecular weight excluding hydrogens is 623 g/mol. The van der Waals surface area contributed by atoms with Crippen LogP contribution in [-0.2, 0) is 6.42 Å². The third-order valence-corrected chi connectivity index (χ3v) is 9.99. The lowest BCUT2D eigenvalue weighted by Gasteiger charge is -2.13. The second-order valence-electron chi connectivity index (χ2n) is 13.1. The van der Waals surface area contributed by atoms with Crippen LogP contribution in [0.4, 0.5) is 0 Å². The first-order valence-corrected chi connectivity index (χ1v) is 17.4. The lowest BCUT2D eigenvalue weighted by Crippen LogP contribution is -2.01. The molecule has 7 aromatic carbocycles. The molecule has 0 N–H and O–H groups in total. The summed E-state index contributed by atoms with van der Waals surface area (Å²) < 4.78 is 6.26. The number of benzene rings is 7. The number of aromatic nitrogens is 3. The molecule has 0 atom stereocenters. The number of hydrogen-bond donors (Lipinski definition) is 0. The second-order valence-corrected chi connectivity index (χ2v) is 13.1. The van der Waals surface area contributed by atoms with Gasteiger partial charge in [-0.05, 0) is 87.3 Å². The van der Waals surface area contributed by atoms with E-state index in [1.54, 1.807) is 0 Å². The molecule has 240 valence electrons. The van der Waals surface area contributed by atoms with Gasteiger partial charge in [0.25, 0.3) is 0 Å². The van der Waals surface area contributed by atoms with Crippen LogP contribution in [0.3, 0.4) is 0 Å². The van der Waals surface area contributed by atoms with Gasteiger partial charge in [-0.1, -0.05) is 133 Å². The van der Waals surface area contributed by atoms with Gasteiger partial charge in [0.05, 0.1) is 0 Å². The minimum absolute atomic E-state index is 0.604. The topological polar surface area (TPSA) is 51.8 Å². The van der Waals surface area contributed by atoms with E-state index in [0.717, 1.165) is 68.0 Å². The van der Waals surface area contributed by atoms with Crippen molar-refractivity contribution in [1.29, 1.82) is 0 Å². The van der Waals surface area contributed by atoms with Crippen molar-refractivity contribution in [2.75, 3.05) is 0 Å². The van der Waals surface area contributed by atoms with E-state index in [0.29, 0.717) is 17.5 Å². The highest BCUT2D eigenvalue weighted by atomic mass is 16.3. The van der Waals surface area contributed by atoms with Gasteiger partial charge in [0.1, 0.15) is 11.2 Å². The first-order valence-electron chi connectivity index (χ1n) is 17.4. The number of hydrogen-bond acceptors (Lipinski definition) is 4. The molecule has 0 aliphatic heterocycles. The Balaban J connectivity index is 1.14. The summed E-state index contributed by atoms with van der Waals surface area (Å²) in [6.45, 7) is 0. The highest BCUT2D eigenvalue weighted by Gasteiger charge is 2.19. The fourth-order valence-corrected chi connectivity index (χ4v) is 7.43. The lowest BCUT2D eigenvalue weighted by molar-refractivity contribution is 0.669. The fourth-order valence-electron chi connectivity index (χ4n) is 7.43. The van der Waals surface area contributed by atoms with Gasteiger partial charge >= 0.3 is 0 Å². The maximum Gasteiger partial charge on any atom is 0.164 e. The van der Waals surface area contributed by atoms with Crippen molar-refractivity contribution in [3.63, 3.8) is 0 Å². The van der Waals surface area contributed by atoms with E-state index in [-0.39, 0.29) is 0 Å². The highest BCUT2D eigenvalue weighted by Crippen LogP contribution is 2.38. The normalized spacial score (nSPS) is 12.5. The standard InChI is InChI=1S/C47H31N3O/c1-2-12-31(13-3-1)38-15-6-7-16-39(38)46-48-45(49-47(50-46)41-18-10-20-43-44(41)40-17-8-9-19-42(40)51-43)37-26-25-35-28-34(23-24-36(35)29-37)33-22-21-30-11-4-5-14-32(30)27-33/h1-3,5-10,12-29H,4,11H2. The Bertz CT molecular complexity index is 2810. The van der Waals surface area contributed by atoms with Crippen LogP contribution in [-0.4, -0.2) is 15.0 Å². The molecule has 1 aliphatic rings. The molecule has 0 saturated heterocycles. The smallest absolute Gasteiger partial charge is 0.164 e. The third kappa shape index (κ3) is 5.20. The average Bonchev–Trinajstić information content (AvgIpc) is 3.59. The predicted molar refractivity (Wildman–Crippen MR) is 209 cm³/mol. The average molecular weight is 654 g/mol. The molecular formula is C47H31N3O. The van der Waals surface area contributed by atoms with Crippen molar-refractivity contribution in [3.05, 3.63) is 169 Å². The summed E-state index contributed by atoms with van der Waals surface area (Å²) in [6.07, 6.45) is 6.74. The minimum Gasteiger partial charge on any atom is -0.456 e.